The van der Waals surface area contributed by atoms with Crippen LogP contribution in [0.2, 0.25) is 10.0 Å². The maximum Gasteiger partial charge on any atom is 0.149 e. The quantitative estimate of drug-likeness (QED) is 0.792. The summed E-state index contributed by atoms with van der Waals surface area (Å²) in [6.45, 7) is 11.2. The van der Waals surface area contributed by atoms with Gasteiger partial charge in [0.2, 0.25) is 0 Å². The molecule has 1 aromatic rings. The molecule has 1 aromatic heterocycles. The zero-order chi connectivity index (χ0) is 14.4. The van der Waals surface area contributed by atoms with Gasteiger partial charge in [0.1, 0.15) is 11.6 Å². The summed E-state index contributed by atoms with van der Waals surface area (Å²) >= 11 is 12.4. The van der Waals surface area contributed by atoms with Gasteiger partial charge < -0.3 is 10.2 Å². The summed E-state index contributed by atoms with van der Waals surface area (Å²) in [7, 11) is 0. The summed E-state index contributed by atoms with van der Waals surface area (Å²) in [4.78, 5) is 6.77. The van der Waals surface area contributed by atoms with E-state index in [4.69, 9.17) is 23.2 Å². The lowest BCUT2D eigenvalue weighted by Gasteiger charge is -2.25. The van der Waals surface area contributed by atoms with Gasteiger partial charge in [0.25, 0.3) is 0 Å². The van der Waals surface area contributed by atoms with Crippen LogP contribution in [-0.4, -0.2) is 24.6 Å². The molecule has 0 saturated heterocycles. The molecule has 5 heteroatoms. The van der Waals surface area contributed by atoms with Gasteiger partial charge in [-0.15, -0.1) is 0 Å². The van der Waals surface area contributed by atoms with E-state index in [1.165, 1.54) is 0 Å². The fraction of sp³-hybridized carbons (Fsp3) is 0.643. The van der Waals surface area contributed by atoms with Crippen LogP contribution in [-0.2, 0) is 0 Å². The Kier molecular flexibility index (Phi) is 6.73. The lowest BCUT2D eigenvalue weighted by atomic mass is 10.2. The number of aromatic nitrogens is 1. The number of hydrogen-bond donors (Lipinski definition) is 1. The molecule has 0 aliphatic rings. The van der Waals surface area contributed by atoms with E-state index < -0.39 is 0 Å². The van der Waals surface area contributed by atoms with Crippen LogP contribution in [0.5, 0.6) is 0 Å². The highest BCUT2D eigenvalue weighted by atomic mass is 35.5. The number of pyridine rings is 1. The zero-order valence-electron chi connectivity index (χ0n) is 12.1. The number of hydrogen-bond acceptors (Lipinski definition) is 3. The number of nitrogens with zero attached hydrogens (tertiary/aromatic N) is 2. The Balaban J connectivity index is 3.03. The predicted octanol–water partition coefficient (Wildman–Crippen LogP) is 4.69. The summed E-state index contributed by atoms with van der Waals surface area (Å²) in [6, 6.07) is 1.77. The zero-order valence-corrected chi connectivity index (χ0v) is 13.6. The summed E-state index contributed by atoms with van der Waals surface area (Å²) < 4.78 is 0. The number of nitrogens with one attached hydrogen (secondary N) is 1. The van der Waals surface area contributed by atoms with Gasteiger partial charge in [-0.25, -0.2) is 4.98 Å². The molecule has 0 atom stereocenters. The molecular formula is C14H23Cl2N3. The summed E-state index contributed by atoms with van der Waals surface area (Å²) in [5.41, 5.74) is 0. The average molecular weight is 304 g/mol. The smallest absolute Gasteiger partial charge is 0.149 e. The van der Waals surface area contributed by atoms with E-state index in [1.54, 1.807) is 6.07 Å². The molecule has 0 aromatic carbocycles. The number of halogens is 2. The van der Waals surface area contributed by atoms with Crippen molar-refractivity contribution >= 4 is 34.8 Å². The largest absolute Gasteiger partial charge is 0.369 e. The van der Waals surface area contributed by atoms with Crippen LogP contribution >= 0.6 is 23.2 Å². The second kappa shape index (κ2) is 7.81. The van der Waals surface area contributed by atoms with Crippen molar-refractivity contribution in [3.63, 3.8) is 0 Å². The van der Waals surface area contributed by atoms with Gasteiger partial charge in [-0.2, -0.15) is 0 Å². The maximum atomic E-state index is 6.28. The first kappa shape index (κ1) is 16.4. The van der Waals surface area contributed by atoms with E-state index in [0.29, 0.717) is 21.8 Å². The minimum absolute atomic E-state index is 0.556. The van der Waals surface area contributed by atoms with Crippen molar-refractivity contribution in [1.82, 2.24) is 4.98 Å². The minimum atomic E-state index is 0.556. The summed E-state index contributed by atoms with van der Waals surface area (Å²) in [5, 5.41) is 4.41. The fourth-order valence-electron chi connectivity index (χ4n) is 1.85. The Morgan fingerprint density at radius 3 is 2.47 bits per heavy atom. The van der Waals surface area contributed by atoms with Gasteiger partial charge in [0, 0.05) is 19.6 Å². The van der Waals surface area contributed by atoms with E-state index in [9.17, 15) is 0 Å². The van der Waals surface area contributed by atoms with E-state index in [-0.39, 0.29) is 0 Å². The average Bonchev–Trinajstić information content (AvgIpc) is 2.35. The third kappa shape index (κ3) is 4.73. The molecular weight excluding hydrogens is 281 g/mol. The van der Waals surface area contributed by atoms with Gasteiger partial charge in [0.05, 0.1) is 10.0 Å². The first-order valence-corrected chi connectivity index (χ1v) is 7.60. The lowest BCUT2D eigenvalue weighted by molar-refractivity contribution is 0.614. The van der Waals surface area contributed by atoms with Crippen molar-refractivity contribution in [1.29, 1.82) is 0 Å². The van der Waals surface area contributed by atoms with E-state index in [2.05, 4.69) is 42.9 Å². The molecule has 0 aliphatic heterocycles. The van der Waals surface area contributed by atoms with Crippen LogP contribution in [0.4, 0.5) is 11.6 Å². The van der Waals surface area contributed by atoms with Crippen LogP contribution in [0.3, 0.4) is 0 Å². The summed E-state index contributed by atoms with van der Waals surface area (Å²) in [5.74, 6) is 2.08. The molecule has 19 heavy (non-hydrogen) atoms. The molecule has 0 saturated carbocycles. The molecule has 1 heterocycles. The Bertz CT molecular complexity index is 408. The molecule has 0 amide bonds. The van der Waals surface area contributed by atoms with E-state index in [0.717, 1.165) is 31.9 Å². The highest BCUT2D eigenvalue weighted by Gasteiger charge is 2.15. The minimum Gasteiger partial charge on any atom is -0.369 e. The first-order valence-electron chi connectivity index (χ1n) is 6.84. The monoisotopic (exact) mass is 303 g/mol. The van der Waals surface area contributed by atoms with Gasteiger partial charge in [-0.05, 0) is 25.3 Å². The molecule has 0 fully saturated rings. The van der Waals surface area contributed by atoms with Crippen LogP contribution in [0, 0.1) is 5.92 Å². The molecule has 0 unspecified atom stereocenters. The molecule has 108 valence electrons. The second-order valence-electron chi connectivity index (χ2n) is 4.98. The van der Waals surface area contributed by atoms with E-state index in [1.807, 2.05) is 0 Å². The maximum absolute atomic E-state index is 6.28. The Hall–Kier alpha value is -0.670. The lowest BCUT2D eigenvalue weighted by Crippen LogP contribution is -2.28. The second-order valence-corrected chi connectivity index (χ2v) is 5.80. The van der Waals surface area contributed by atoms with Crippen LogP contribution in [0.1, 0.15) is 34.1 Å². The van der Waals surface area contributed by atoms with Crippen molar-refractivity contribution < 1.29 is 0 Å². The Morgan fingerprint density at radius 2 is 1.95 bits per heavy atom. The highest BCUT2D eigenvalue weighted by Crippen LogP contribution is 2.31. The molecule has 0 spiro atoms. The normalized spacial score (nSPS) is 10.9. The van der Waals surface area contributed by atoms with Crippen molar-refractivity contribution in [3.8, 4) is 0 Å². The standard InChI is InChI=1S/C14H23Cl2N3/c1-5-7-17-13-11(15)8-12(16)14(18-13)19(6-2)9-10(3)4/h8,10H,5-7,9H2,1-4H3,(H,17,18). The van der Waals surface area contributed by atoms with Crippen LogP contribution in [0.25, 0.3) is 0 Å². The van der Waals surface area contributed by atoms with Gasteiger partial charge in [0.15, 0.2) is 0 Å². The van der Waals surface area contributed by atoms with Crippen molar-refractivity contribution in [2.45, 2.75) is 34.1 Å². The SMILES string of the molecule is CCCNc1nc(N(CC)CC(C)C)c(Cl)cc1Cl. The molecule has 3 nitrogen and oxygen atoms in total. The van der Waals surface area contributed by atoms with Crippen LogP contribution < -0.4 is 10.2 Å². The van der Waals surface area contributed by atoms with Crippen LogP contribution in [0.15, 0.2) is 6.07 Å². The fourth-order valence-corrected chi connectivity index (χ4v) is 2.40. The molecule has 0 radical (unpaired) electrons. The van der Waals surface area contributed by atoms with Crippen molar-refractivity contribution in [3.05, 3.63) is 16.1 Å². The molecule has 0 aliphatic carbocycles. The number of anilines is 2. The third-order valence-electron chi connectivity index (χ3n) is 2.72. The third-order valence-corrected chi connectivity index (χ3v) is 3.29. The van der Waals surface area contributed by atoms with Crippen molar-refractivity contribution in [2.75, 3.05) is 29.9 Å². The molecule has 0 bridgehead atoms. The molecule has 1 rings (SSSR count). The predicted molar refractivity (Wildman–Crippen MR) is 85.8 cm³/mol. The van der Waals surface area contributed by atoms with Gasteiger partial charge in [-0.3, -0.25) is 0 Å². The highest BCUT2D eigenvalue weighted by molar-refractivity contribution is 6.37. The van der Waals surface area contributed by atoms with E-state index >= 15 is 0 Å². The Labute approximate surface area is 126 Å². The van der Waals surface area contributed by atoms with Crippen molar-refractivity contribution in [2.24, 2.45) is 5.92 Å². The topological polar surface area (TPSA) is 28.2 Å². The first-order chi connectivity index (χ1) is 8.99. The summed E-state index contributed by atoms with van der Waals surface area (Å²) in [6.07, 6.45) is 1.03. The molecule has 1 N–H and O–H groups in total. The van der Waals surface area contributed by atoms with Gasteiger partial charge >= 0.3 is 0 Å². The Morgan fingerprint density at radius 1 is 1.26 bits per heavy atom. The number of rotatable bonds is 7. The van der Waals surface area contributed by atoms with Gasteiger partial charge in [-0.1, -0.05) is 44.0 Å².